The van der Waals surface area contributed by atoms with E-state index in [9.17, 15) is 20.1 Å². The van der Waals surface area contributed by atoms with Crippen molar-refractivity contribution in [1.29, 1.82) is 0 Å². The van der Waals surface area contributed by atoms with Crippen molar-refractivity contribution in [2.75, 3.05) is 5.73 Å². The first-order valence-electron chi connectivity index (χ1n) is 7.91. The van der Waals surface area contributed by atoms with E-state index < -0.39 is 11.9 Å². The number of nitrogen functional groups attached to an aromatic ring is 1. The normalized spacial score (nSPS) is 14.8. The Morgan fingerprint density at radius 1 is 0.923 bits per heavy atom. The van der Waals surface area contributed by atoms with E-state index in [4.69, 9.17) is 10.5 Å². The molecule has 0 fully saturated rings. The van der Waals surface area contributed by atoms with Crippen LogP contribution in [0.25, 0.3) is 0 Å². The van der Waals surface area contributed by atoms with Gasteiger partial charge in [0.25, 0.3) is 0 Å². The number of hydrogen-bond acceptors (Lipinski definition) is 5. The van der Waals surface area contributed by atoms with Crippen molar-refractivity contribution < 1.29 is 24.9 Å². The second-order valence-electron chi connectivity index (χ2n) is 6.10. The highest BCUT2D eigenvalue weighted by atomic mass is 16.5. The molecule has 0 amide bonds. The Balaban J connectivity index is 2.05. The molecule has 1 aliphatic heterocycles. The summed E-state index contributed by atoms with van der Waals surface area (Å²) in [5.74, 6) is -0.896. The smallest absolute Gasteiger partial charge is 0.335 e. The minimum atomic E-state index is -1.05. The zero-order chi connectivity index (χ0) is 18.4. The van der Waals surface area contributed by atoms with Gasteiger partial charge in [-0.15, -0.1) is 0 Å². The molecule has 130 valence electrons. The minimum absolute atomic E-state index is 0.0191. The lowest BCUT2D eigenvalue weighted by atomic mass is 9.80. The first kappa shape index (κ1) is 15.8. The number of phenols is 2. The van der Waals surface area contributed by atoms with Crippen LogP contribution in [0.2, 0.25) is 0 Å². The third kappa shape index (κ3) is 2.39. The van der Waals surface area contributed by atoms with Crippen LogP contribution in [0.15, 0.2) is 54.6 Å². The van der Waals surface area contributed by atoms with E-state index in [2.05, 4.69) is 0 Å². The van der Waals surface area contributed by atoms with Crippen LogP contribution in [0.3, 0.4) is 0 Å². The Morgan fingerprint density at radius 3 is 2.42 bits per heavy atom. The summed E-state index contributed by atoms with van der Waals surface area (Å²) >= 11 is 0. The van der Waals surface area contributed by atoms with Gasteiger partial charge >= 0.3 is 5.97 Å². The third-order valence-electron chi connectivity index (χ3n) is 4.48. The molecule has 4 rings (SSSR count). The lowest BCUT2D eigenvalue weighted by Gasteiger charge is -2.30. The summed E-state index contributed by atoms with van der Waals surface area (Å²) in [6.07, 6.45) is 0. The highest BCUT2D eigenvalue weighted by Crippen LogP contribution is 2.51. The summed E-state index contributed by atoms with van der Waals surface area (Å²) in [5.41, 5.74) is 8.40. The predicted octanol–water partition coefficient (Wildman–Crippen LogP) is 3.66. The van der Waals surface area contributed by atoms with Gasteiger partial charge in [-0.05, 0) is 17.7 Å². The average Bonchev–Trinajstić information content (AvgIpc) is 2.59. The first-order chi connectivity index (χ1) is 12.5. The van der Waals surface area contributed by atoms with Crippen molar-refractivity contribution in [2.24, 2.45) is 0 Å². The number of anilines is 1. The molecule has 0 aromatic heterocycles. The summed E-state index contributed by atoms with van der Waals surface area (Å²) in [6, 6.07) is 14.2. The van der Waals surface area contributed by atoms with E-state index in [0.29, 0.717) is 33.9 Å². The molecular weight excluding hydrogens is 334 g/mol. The molecule has 1 unspecified atom stereocenters. The maximum absolute atomic E-state index is 11.7. The summed E-state index contributed by atoms with van der Waals surface area (Å²) in [5, 5.41) is 29.3. The molecule has 1 aliphatic rings. The van der Waals surface area contributed by atoms with Gasteiger partial charge in [0.15, 0.2) is 0 Å². The quantitative estimate of drug-likeness (QED) is 0.411. The monoisotopic (exact) mass is 349 g/mol. The molecular formula is C20H15NO5. The fraction of sp³-hybridized carbons (Fsp3) is 0.0500. The van der Waals surface area contributed by atoms with Gasteiger partial charge in [0.1, 0.15) is 23.0 Å². The van der Waals surface area contributed by atoms with Gasteiger partial charge in [0.05, 0.1) is 5.56 Å². The molecule has 3 aromatic rings. The first-order valence-corrected chi connectivity index (χ1v) is 7.91. The van der Waals surface area contributed by atoms with Crippen molar-refractivity contribution in [3.8, 4) is 23.0 Å². The molecule has 3 aromatic carbocycles. The van der Waals surface area contributed by atoms with E-state index in [-0.39, 0.29) is 17.1 Å². The van der Waals surface area contributed by atoms with Gasteiger partial charge in [0.2, 0.25) is 0 Å². The lowest BCUT2D eigenvalue weighted by Crippen LogP contribution is -2.16. The highest BCUT2D eigenvalue weighted by Gasteiger charge is 2.33. The largest absolute Gasteiger partial charge is 0.508 e. The summed E-state index contributed by atoms with van der Waals surface area (Å²) < 4.78 is 5.82. The van der Waals surface area contributed by atoms with E-state index in [0.717, 1.165) is 0 Å². The second kappa shape index (κ2) is 5.70. The lowest BCUT2D eigenvalue weighted by molar-refractivity contribution is 0.0695. The maximum Gasteiger partial charge on any atom is 0.335 e. The molecule has 26 heavy (non-hydrogen) atoms. The highest BCUT2D eigenvalue weighted by molar-refractivity contribution is 5.90. The minimum Gasteiger partial charge on any atom is -0.508 e. The van der Waals surface area contributed by atoms with Crippen molar-refractivity contribution >= 4 is 11.7 Å². The molecule has 6 nitrogen and oxygen atoms in total. The number of phenolic OH excluding ortho intramolecular Hbond substituents is 2. The van der Waals surface area contributed by atoms with Crippen LogP contribution < -0.4 is 10.5 Å². The Bertz CT molecular complexity index is 1040. The molecule has 0 saturated heterocycles. The molecule has 1 heterocycles. The predicted molar refractivity (Wildman–Crippen MR) is 95.0 cm³/mol. The van der Waals surface area contributed by atoms with E-state index >= 15 is 0 Å². The molecule has 6 heteroatoms. The second-order valence-corrected chi connectivity index (χ2v) is 6.10. The number of fused-ring (bicyclic) bond motifs is 2. The number of carboxylic acids is 1. The fourth-order valence-electron chi connectivity index (χ4n) is 3.42. The van der Waals surface area contributed by atoms with Crippen LogP contribution in [0.4, 0.5) is 5.69 Å². The summed E-state index contributed by atoms with van der Waals surface area (Å²) in [6.45, 7) is 0. The van der Waals surface area contributed by atoms with Gasteiger partial charge in [-0.1, -0.05) is 24.3 Å². The van der Waals surface area contributed by atoms with Crippen LogP contribution in [-0.4, -0.2) is 21.3 Å². The van der Waals surface area contributed by atoms with Gasteiger partial charge in [-0.3, -0.25) is 0 Å². The van der Waals surface area contributed by atoms with Crippen LogP contribution in [0.1, 0.15) is 33.0 Å². The Hall–Kier alpha value is -3.67. The Kier molecular flexibility index (Phi) is 3.47. The number of aromatic carboxylic acids is 1. The number of nitrogens with two attached hydrogens (primary N) is 1. The Labute approximate surface area is 148 Å². The molecule has 5 N–H and O–H groups in total. The number of rotatable bonds is 2. The molecule has 1 atom stereocenters. The molecule has 0 bridgehead atoms. The number of benzene rings is 3. The number of carboxylic acid groups (broad SMARTS) is 1. The zero-order valence-corrected chi connectivity index (χ0v) is 13.5. The van der Waals surface area contributed by atoms with Crippen molar-refractivity contribution in [2.45, 2.75) is 5.92 Å². The average molecular weight is 349 g/mol. The van der Waals surface area contributed by atoms with Gasteiger partial charge in [-0.2, -0.15) is 0 Å². The molecule has 0 spiro atoms. The van der Waals surface area contributed by atoms with E-state index in [1.54, 1.807) is 24.3 Å². The van der Waals surface area contributed by atoms with Crippen LogP contribution >= 0.6 is 0 Å². The standard InChI is InChI=1S/C20H15NO5/c21-15-7-11(23)9-17-19(15)18(12-3-1-2-4-13(12)20(24)25)14-6-5-10(22)8-16(14)26-17/h1-9,18,22-23H,21H2,(H,24,25). The topological polar surface area (TPSA) is 113 Å². The zero-order valence-electron chi connectivity index (χ0n) is 13.5. The van der Waals surface area contributed by atoms with E-state index in [1.165, 1.54) is 30.3 Å². The van der Waals surface area contributed by atoms with Crippen molar-refractivity contribution in [1.82, 2.24) is 0 Å². The van der Waals surface area contributed by atoms with Crippen LogP contribution in [0, 0.1) is 0 Å². The Morgan fingerprint density at radius 2 is 1.65 bits per heavy atom. The number of hydrogen-bond donors (Lipinski definition) is 4. The number of ether oxygens (including phenoxy) is 1. The van der Waals surface area contributed by atoms with Crippen molar-refractivity contribution in [3.63, 3.8) is 0 Å². The molecule has 0 radical (unpaired) electrons. The maximum atomic E-state index is 11.7. The van der Waals surface area contributed by atoms with Crippen LogP contribution in [0.5, 0.6) is 23.0 Å². The van der Waals surface area contributed by atoms with E-state index in [1.807, 2.05) is 0 Å². The van der Waals surface area contributed by atoms with Crippen LogP contribution in [-0.2, 0) is 0 Å². The number of aromatic hydroxyl groups is 2. The van der Waals surface area contributed by atoms with Gasteiger partial charge < -0.3 is 25.8 Å². The van der Waals surface area contributed by atoms with Gasteiger partial charge in [-0.25, -0.2) is 4.79 Å². The molecule has 0 saturated carbocycles. The third-order valence-corrected chi connectivity index (χ3v) is 4.48. The summed E-state index contributed by atoms with van der Waals surface area (Å²) in [4.78, 5) is 11.7. The molecule has 0 aliphatic carbocycles. The van der Waals surface area contributed by atoms with Gasteiger partial charge in [0, 0.05) is 40.9 Å². The fourth-order valence-corrected chi connectivity index (χ4v) is 3.42. The SMILES string of the molecule is Nc1cc(O)cc2c1C(c1ccccc1C(=O)O)c1ccc(O)cc1O2. The summed E-state index contributed by atoms with van der Waals surface area (Å²) in [7, 11) is 0. The number of carbonyl (C=O) groups is 1. The van der Waals surface area contributed by atoms with Crippen molar-refractivity contribution in [3.05, 3.63) is 76.9 Å².